The summed E-state index contributed by atoms with van der Waals surface area (Å²) in [5.74, 6) is 1.59. The summed E-state index contributed by atoms with van der Waals surface area (Å²) < 4.78 is 5.55. The zero-order valence-corrected chi connectivity index (χ0v) is 10.4. The van der Waals surface area contributed by atoms with Crippen LogP contribution in [0.5, 0.6) is 5.75 Å². The fraction of sp³-hybridized carbons (Fsp3) is 0.154. The van der Waals surface area contributed by atoms with Crippen LogP contribution in [0.3, 0.4) is 0 Å². The van der Waals surface area contributed by atoms with Crippen molar-refractivity contribution in [3.8, 4) is 11.8 Å². The Bertz CT molecular complexity index is 522. The molecule has 0 amide bonds. The fourth-order valence-corrected chi connectivity index (χ4v) is 1.95. The normalized spacial score (nSPS) is 9.72. The van der Waals surface area contributed by atoms with E-state index in [9.17, 15) is 0 Å². The summed E-state index contributed by atoms with van der Waals surface area (Å²) >= 11 is 1.62. The summed E-state index contributed by atoms with van der Waals surface area (Å²) in [6.45, 7) is 0.598. The van der Waals surface area contributed by atoms with Crippen LogP contribution >= 0.6 is 11.8 Å². The third kappa shape index (κ3) is 3.75. The van der Waals surface area contributed by atoms with E-state index >= 15 is 0 Å². The summed E-state index contributed by atoms with van der Waals surface area (Å²) in [5, 5.41) is 9.60. The number of aromatic nitrogens is 2. The van der Waals surface area contributed by atoms with Gasteiger partial charge in [0.25, 0.3) is 0 Å². The Hall–Kier alpha value is -2.06. The molecular formula is C13H11N3OS. The van der Waals surface area contributed by atoms with Crippen LogP contribution in [0.1, 0.15) is 5.56 Å². The summed E-state index contributed by atoms with van der Waals surface area (Å²) in [7, 11) is 0. The number of rotatable bonds is 5. The minimum Gasteiger partial charge on any atom is -0.493 e. The first kappa shape index (κ1) is 12.4. The molecule has 2 rings (SSSR count). The molecule has 90 valence electrons. The van der Waals surface area contributed by atoms with Crippen molar-refractivity contribution >= 4 is 11.8 Å². The lowest BCUT2D eigenvalue weighted by atomic mass is 10.2. The molecule has 0 N–H and O–H groups in total. The standard InChI is InChI=1S/C13H11N3OS/c14-9-11-1-3-12(4-2-11)17-7-8-18-13-5-6-15-10-16-13/h1-6,10H,7-8H2. The van der Waals surface area contributed by atoms with Gasteiger partial charge in [0, 0.05) is 11.9 Å². The van der Waals surface area contributed by atoms with Crippen LogP contribution in [0.4, 0.5) is 0 Å². The van der Waals surface area contributed by atoms with Crippen molar-refractivity contribution in [3.05, 3.63) is 48.4 Å². The first-order chi connectivity index (χ1) is 8.88. The van der Waals surface area contributed by atoms with E-state index in [2.05, 4.69) is 16.0 Å². The van der Waals surface area contributed by atoms with Crippen molar-refractivity contribution in [2.24, 2.45) is 0 Å². The van der Waals surface area contributed by atoms with Crippen molar-refractivity contribution in [2.75, 3.05) is 12.4 Å². The highest BCUT2D eigenvalue weighted by atomic mass is 32.2. The largest absolute Gasteiger partial charge is 0.493 e. The average Bonchev–Trinajstić information content (AvgIpc) is 2.45. The number of hydrogen-bond donors (Lipinski definition) is 0. The smallest absolute Gasteiger partial charge is 0.119 e. The summed E-state index contributed by atoms with van der Waals surface area (Å²) in [6.07, 6.45) is 3.25. The maximum atomic E-state index is 8.66. The monoisotopic (exact) mass is 257 g/mol. The van der Waals surface area contributed by atoms with Crippen molar-refractivity contribution < 1.29 is 4.74 Å². The van der Waals surface area contributed by atoms with Crippen LogP contribution in [0.2, 0.25) is 0 Å². The van der Waals surface area contributed by atoms with E-state index in [0.717, 1.165) is 16.5 Å². The lowest BCUT2D eigenvalue weighted by Crippen LogP contribution is -2.00. The predicted octanol–water partition coefficient (Wildman–Crippen LogP) is 2.52. The molecule has 0 bridgehead atoms. The van der Waals surface area contributed by atoms with Gasteiger partial charge >= 0.3 is 0 Å². The van der Waals surface area contributed by atoms with Gasteiger partial charge in [0.2, 0.25) is 0 Å². The molecular weight excluding hydrogens is 246 g/mol. The van der Waals surface area contributed by atoms with Crippen molar-refractivity contribution in [2.45, 2.75) is 5.03 Å². The molecule has 18 heavy (non-hydrogen) atoms. The Morgan fingerprint density at radius 3 is 2.72 bits per heavy atom. The second-order valence-corrected chi connectivity index (χ2v) is 4.50. The first-order valence-electron chi connectivity index (χ1n) is 5.40. The third-order valence-electron chi connectivity index (χ3n) is 2.14. The molecule has 2 aromatic rings. The molecule has 0 spiro atoms. The molecule has 0 unspecified atom stereocenters. The van der Waals surface area contributed by atoms with E-state index in [0.29, 0.717) is 12.2 Å². The van der Waals surface area contributed by atoms with E-state index in [1.807, 2.05) is 6.07 Å². The Morgan fingerprint density at radius 1 is 1.22 bits per heavy atom. The topological polar surface area (TPSA) is 58.8 Å². The molecule has 1 aromatic heterocycles. The molecule has 0 saturated carbocycles. The maximum Gasteiger partial charge on any atom is 0.119 e. The van der Waals surface area contributed by atoms with Gasteiger partial charge in [0.05, 0.1) is 23.3 Å². The van der Waals surface area contributed by atoms with Gasteiger partial charge in [-0.15, -0.1) is 11.8 Å². The highest BCUT2D eigenvalue weighted by Crippen LogP contribution is 2.15. The highest BCUT2D eigenvalue weighted by molar-refractivity contribution is 7.99. The van der Waals surface area contributed by atoms with Crippen LogP contribution in [0.15, 0.2) is 47.9 Å². The van der Waals surface area contributed by atoms with Crippen LogP contribution in [-0.4, -0.2) is 22.3 Å². The molecule has 0 aliphatic rings. The second-order valence-electron chi connectivity index (χ2n) is 3.38. The lowest BCUT2D eigenvalue weighted by molar-refractivity contribution is 0.344. The zero-order valence-electron chi connectivity index (χ0n) is 9.61. The molecule has 0 atom stereocenters. The summed E-state index contributed by atoms with van der Waals surface area (Å²) in [4.78, 5) is 7.96. The van der Waals surface area contributed by atoms with E-state index in [-0.39, 0.29) is 0 Å². The fourth-order valence-electron chi connectivity index (χ4n) is 1.30. The minimum atomic E-state index is 0.598. The predicted molar refractivity (Wildman–Crippen MR) is 69.4 cm³/mol. The van der Waals surface area contributed by atoms with Gasteiger partial charge in [-0.1, -0.05) is 0 Å². The first-order valence-corrected chi connectivity index (χ1v) is 6.39. The number of nitriles is 1. The van der Waals surface area contributed by atoms with E-state index in [1.165, 1.54) is 6.33 Å². The van der Waals surface area contributed by atoms with Gasteiger partial charge in [0.1, 0.15) is 12.1 Å². The quantitative estimate of drug-likeness (QED) is 0.468. The number of ether oxygens (including phenoxy) is 1. The van der Waals surface area contributed by atoms with E-state index in [1.54, 1.807) is 42.2 Å². The number of benzene rings is 1. The Kier molecular flexibility index (Phi) is 4.56. The molecule has 0 fully saturated rings. The molecule has 1 heterocycles. The maximum absolute atomic E-state index is 8.66. The minimum absolute atomic E-state index is 0.598. The van der Waals surface area contributed by atoms with Crippen molar-refractivity contribution in [1.82, 2.24) is 9.97 Å². The second kappa shape index (κ2) is 6.62. The molecule has 1 aromatic carbocycles. The molecule has 4 nitrogen and oxygen atoms in total. The number of hydrogen-bond acceptors (Lipinski definition) is 5. The lowest BCUT2D eigenvalue weighted by Gasteiger charge is -2.05. The van der Waals surface area contributed by atoms with Crippen LogP contribution in [0.25, 0.3) is 0 Å². The van der Waals surface area contributed by atoms with Gasteiger partial charge in [-0.3, -0.25) is 0 Å². The Morgan fingerprint density at radius 2 is 2.06 bits per heavy atom. The van der Waals surface area contributed by atoms with E-state index in [4.69, 9.17) is 10.00 Å². The SMILES string of the molecule is N#Cc1ccc(OCCSc2ccncn2)cc1. The zero-order chi connectivity index (χ0) is 12.6. The van der Waals surface area contributed by atoms with Crippen LogP contribution < -0.4 is 4.74 Å². The number of nitrogens with zero attached hydrogens (tertiary/aromatic N) is 3. The summed E-state index contributed by atoms with van der Waals surface area (Å²) in [6, 6.07) is 11.0. The Labute approximate surface area is 110 Å². The molecule has 0 radical (unpaired) electrons. The molecule has 0 aliphatic heterocycles. The molecule has 5 heteroatoms. The molecule has 0 saturated heterocycles. The third-order valence-corrected chi connectivity index (χ3v) is 3.05. The van der Waals surface area contributed by atoms with Crippen molar-refractivity contribution in [3.63, 3.8) is 0 Å². The van der Waals surface area contributed by atoms with Gasteiger partial charge in [-0.25, -0.2) is 9.97 Å². The van der Waals surface area contributed by atoms with Gasteiger partial charge in [-0.05, 0) is 30.3 Å². The van der Waals surface area contributed by atoms with Gasteiger partial charge in [0.15, 0.2) is 0 Å². The van der Waals surface area contributed by atoms with Crippen LogP contribution in [0, 0.1) is 11.3 Å². The van der Waals surface area contributed by atoms with E-state index < -0.39 is 0 Å². The summed E-state index contributed by atoms with van der Waals surface area (Å²) in [5.41, 5.74) is 0.637. The van der Waals surface area contributed by atoms with Crippen molar-refractivity contribution in [1.29, 1.82) is 5.26 Å². The van der Waals surface area contributed by atoms with Gasteiger partial charge in [-0.2, -0.15) is 5.26 Å². The number of thioether (sulfide) groups is 1. The van der Waals surface area contributed by atoms with Gasteiger partial charge < -0.3 is 4.74 Å². The highest BCUT2D eigenvalue weighted by Gasteiger charge is 1.97. The molecule has 0 aliphatic carbocycles. The Balaban J connectivity index is 1.74. The average molecular weight is 257 g/mol. The van der Waals surface area contributed by atoms with Crippen LogP contribution in [-0.2, 0) is 0 Å².